The number of fused-ring (bicyclic) bond motifs is 3. The molecule has 1 aliphatic carbocycles. The Labute approximate surface area is 92.6 Å². The molecule has 0 aromatic rings. The van der Waals surface area contributed by atoms with E-state index in [2.05, 4.69) is 10.2 Å². The molecule has 2 aliphatic heterocycles. The Bertz CT molecular complexity index is 359. The Kier molecular flexibility index (Phi) is 2.06. The van der Waals surface area contributed by atoms with Crippen molar-refractivity contribution in [3.63, 3.8) is 0 Å². The molecule has 16 heavy (non-hydrogen) atoms. The second-order valence-corrected chi connectivity index (χ2v) is 4.67. The fourth-order valence-electron chi connectivity index (χ4n) is 3.34. The van der Waals surface area contributed by atoms with Crippen LogP contribution in [-0.2, 0) is 14.3 Å². The first-order chi connectivity index (χ1) is 7.70. The minimum absolute atomic E-state index is 0.0108. The Balaban J connectivity index is 2.00. The van der Waals surface area contributed by atoms with Crippen LogP contribution in [-0.4, -0.2) is 43.2 Å². The van der Waals surface area contributed by atoms with Crippen molar-refractivity contribution in [2.45, 2.75) is 18.2 Å². The summed E-state index contributed by atoms with van der Waals surface area (Å²) in [5.74, 6) is -0.382. The van der Waals surface area contributed by atoms with Gasteiger partial charge in [-0.25, -0.2) is 4.79 Å². The highest BCUT2D eigenvalue weighted by molar-refractivity contribution is 5.83. The highest BCUT2D eigenvalue weighted by Crippen LogP contribution is 2.54. The van der Waals surface area contributed by atoms with Crippen molar-refractivity contribution < 1.29 is 19.4 Å². The summed E-state index contributed by atoms with van der Waals surface area (Å²) in [5, 5.41) is 17.8. The number of aliphatic hydroxyl groups is 1. The van der Waals surface area contributed by atoms with Gasteiger partial charge in [0.05, 0.1) is 20.3 Å². The van der Waals surface area contributed by atoms with Crippen LogP contribution in [0.25, 0.3) is 0 Å². The summed E-state index contributed by atoms with van der Waals surface area (Å²) in [5.41, 5.74) is -0.892. The predicted octanol–water partition coefficient (Wildman–Crippen LogP) is -0.0351. The molecule has 3 aliphatic rings. The minimum atomic E-state index is -0.892. The highest BCUT2D eigenvalue weighted by Gasteiger charge is 2.66. The topological polar surface area (TPSA) is 80.5 Å². The van der Waals surface area contributed by atoms with E-state index in [9.17, 15) is 9.90 Å². The van der Waals surface area contributed by atoms with Gasteiger partial charge in [0.2, 0.25) is 0 Å². The molecule has 2 heterocycles. The van der Waals surface area contributed by atoms with Crippen molar-refractivity contribution in [2.24, 2.45) is 28.0 Å². The number of carbonyl (C=O) groups excluding carboxylic acids is 1. The molecule has 0 aromatic heterocycles. The smallest absolute Gasteiger partial charge is 0.336 e. The van der Waals surface area contributed by atoms with Gasteiger partial charge in [0.1, 0.15) is 0 Å². The van der Waals surface area contributed by atoms with Crippen LogP contribution >= 0.6 is 0 Å². The minimum Gasteiger partial charge on any atom is -0.467 e. The molecule has 6 heteroatoms. The lowest BCUT2D eigenvalue weighted by Gasteiger charge is -2.26. The van der Waals surface area contributed by atoms with Gasteiger partial charge in [-0.05, 0) is 6.42 Å². The molecule has 1 saturated carbocycles. The number of esters is 1. The molecule has 0 aromatic carbocycles. The standard InChI is InChI=1S/C10H14N2O4/c1-15-9(14)10-5(3-11-12-10)2-6-7(10)4-16-8(6)13/h5-8,13H,2-4H2,1H3/t5-,6+,7+,8+,10+/m1/s1. The van der Waals surface area contributed by atoms with Gasteiger partial charge in [-0.2, -0.15) is 10.2 Å². The zero-order valence-electron chi connectivity index (χ0n) is 9.00. The van der Waals surface area contributed by atoms with Crippen molar-refractivity contribution in [2.75, 3.05) is 20.3 Å². The number of nitrogens with zero attached hydrogens (tertiary/aromatic N) is 2. The molecule has 0 unspecified atom stereocenters. The van der Waals surface area contributed by atoms with Gasteiger partial charge in [-0.15, -0.1) is 0 Å². The fraction of sp³-hybridized carbons (Fsp3) is 0.900. The highest BCUT2D eigenvalue weighted by atomic mass is 16.6. The summed E-state index contributed by atoms with van der Waals surface area (Å²) in [7, 11) is 1.36. The molecular weight excluding hydrogens is 212 g/mol. The van der Waals surface area contributed by atoms with Gasteiger partial charge in [0, 0.05) is 17.8 Å². The molecular formula is C10H14N2O4. The van der Waals surface area contributed by atoms with Crippen molar-refractivity contribution in [3.05, 3.63) is 0 Å². The molecule has 88 valence electrons. The third-order valence-electron chi connectivity index (χ3n) is 4.12. The third-order valence-corrected chi connectivity index (χ3v) is 4.12. The average Bonchev–Trinajstić information content (AvgIpc) is 2.90. The summed E-state index contributed by atoms with van der Waals surface area (Å²) in [6, 6.07) is 0. The van der Waals surface area contributed by atoms with Gasteiger partial charge >= 0.3 is 5.97 Å². The molecule has 1 N–H and O–H groups in total. The predicted molar refractivity (Wildman–Crippen MR) is 51.5 cm³/mol. The number of carbonyl (C=O) groups is 1. The molecule has 6 nitrogen and oxygen atoms in total. The Morgan fingerprint density at radius 1 is 1.62 bits per heavy atom. The molecule has 2 fully saturated rings. The van der Waals surface area contributed by atoms with Crippen LogP contribution < -0.4 is 0 Å². The van der Waals surface area contributed by atoms with Crippen molar-refractivity contribution >= 4 is 5.97 Å². The average molecular weight is 226 g/mol. The van der Waals surface area contributed by atoms with Crippen LogP contribution in [0.4, 0.5) is 0 Å². The fourth-order valence-corrected chi connectivity index (χ4v) is 3.34. The maximum Gasteiger partial charge on any atom is 0.336 e. The van der Waals surface area contributed by atoms with E-state index in [4.69, 9.17) is 9.47 Å². The van der Waals surface area contributed by atoms with Gasteiger partial charge in [-0.3, -0.25) is 0 Å². The van der Waals surface area contributed by atoms with Crippen LogP contribution in [0, 0.1) is 17.8 Å². The Morgan fingerprint density at radius 3 is 3.19 bits per heavy atom. The molecule has 0 bridgehead atoms. The Hall–Kier alpha value is -1.01. The van der Waals surface area contributed by atoms with E-state index in [-0.39, 0.29) is 23.7 Å². The van der Waals surface area contributed by atoms with E-state index in [1.165, 1.54) is 7.11 Å². The number of aliphatic hydroxyl groups excluding tert-OH is 1. The molecule has 0 amide bonds. The van der Waals surface area contributed by atoms with E-state index in [0.717, 1.165) is 6.42 Å². The van der Waals surface area contributed by atoms with Crippen molar-refractivity contribution in [3.8, 4) is 0 Å². The van der Waals surface area contributed by atoms with Gasteiger partial charge < -0.3 is 14.6 Å². The lowest BCUT2D eigenvalue weighted by atomic mass is 9.81. The zero-order valence-corrected chi connectivity index (χ0v) is 9.00. The number of rotatable bonds is 1. The summed E-state index contributed by atoms with van der Waals surface area (Å²) < 4.78 is 10.0. The first kappa shape index (κ1) is 10.2. The van der Waals surface area contributed by atoms with Gasteiger partial charge in [0.25, 0.3) is 0 Å². The second-order valence-electron chi connectivity index (χ2n) is 4.67. The summed E-state index contributed by atoms with van der Waals surface area (Å²) in [6.07, 6.45) is -0.0409. The van der Waals surface area contributed by atoms with Crippen LogP contribution in [0.3, 0.4) is 0 Å². The van der Waals surface area contributed by atoms with E-state index < -0.39 is 11.8 Å². The SMILES string of the molecule is COC(=O)[C@]12N=NC[C@H]1C[C@@H]1[C@@H](O)OC[C@@H]12. The maximum absolute atomic E-state index is 12.0. The molecule has 0 spiro atoms. The maximum atomic E-state index is 12.0. The third kappa shape index (κ3) is 1.01. The number of hydrogen-bond acceptors (Lipinski definition) is 6. The van der Waals surface area contributed by atoms with Crippen molar-refractivity contribution in [1.82, 2.24) is 0 Å². The zero-order chi connectivity index (χ0) is 11.3. The van der Waals surface area contributed by atoms with Crippen LogP contribution in [0.2, 0.25) is 0 Å². The van der Waals surface area contributed by atoms with E-state index in [1.807, 2.05) is 0 Å². The molecule has 5 atom stereocenters. The lowest BCUT2D eigenvalue weighted by molar-refractivity contribution is -0.150. The van der Waals surface area contributed by atoms with Crippen LogP contribution in [0.5, 0.6) is 0 Å². The first-order valence-electron chi connectivity index (χ1n) is 5.47. The first-order valence-corrected chi connectivity index (χ1v) is 5.47. The summed E-state index contributed by atoms with van der Waals surface area (Å²) in [4.78, 5) is 12.0. The van der Waals surface area contributed by atoms with Crippen LogP contribution in [0.1, 0.15) is 6.42 Å². The number of ether oxygens (including phenoxy) is 2. The quantitative estimate of drug-likeness (QED) is 0.636. The monoisotopic (exact) mass is 226 g/mol. The van der Waals surface area contributed by atoms with Crippen LogP contribution in [0.15, 0.2) is 10.2 Å². The van der Waals surface area contributed by atoms with Crippen molar-refractivity contribution in [1.29, 1.82) is 0 Å². The van der Waals surface area contributed by atoms with Gasteiger partial charge in [0.15, 0.2) is 11.8 Å². The molecule has 1 saturated heterocycles. The normalized spacial score (nSPS) is 49.1. The molecule has 0 radical (unpaired) electrons. The summed E-state index contributed by atoms with van der Waals surface area (Å²) >= 11 is 0. The van der Waals surface area contributed by atoms with E-state index >= 15 is 0 Å². The van der Waals surface area contributed by atoms with Gasteiger partial charge in [-0.1, -0.05) is 0 Å². The second kappa shape index (κ2) is 3.24. The molecule has 3 rings (SSSR count). The largest absolute Gasteiger partial charge is 0.467 e. The Morgan fingerprint density at radius 2 is 2.44 bits per heavy atom. The number of methoxy groups -OCH3 is 1. The number of hydrogen-bond donors (Lipinski definition) is 1. The lowest BCUT2D eigenvalue weighted by Crippen LogP contribution is -2.46. The summed E-state index contributed by atoms with van der Waals surface area (Å²) in [6.45, 7) is 0.908. The van der Waals surface area contributed by atoms with E-state index in [0.29, 0.717) is 13.2 Å². The number of azo groups is 1. The van der Waals surface area contributed by atoms with E-state index in [1.54, 1.807) is 0 Å².